The van der Waals surface area contributed by atoms with Crippen LogP contribution in [0.4, 0.5) is 0 Å². The van der Waals surface area contributed by atoms with Crippen molar-refractivity contribution in [3.8, 4) is 0 Å². The van der Waals surface area contributed by atoms with E-state index < -0.39 is 0 Å². The van der Waals surface area contributed by atoms with Crippen molar-refractivity contribution >= 4 is 5.97 Å². The zero-order valence-corrected chi connectivity index (χ0v) is 27.8. The van der Waals surface area contributed by atoms with Crippen molar-refractivity contribution in [3.63, 3.8) is 0 Å². The van der Waals surface area contributed by atoms with Crippen LogP contribution in [0.15, 0.2) is 12.2 Å². The highest BCUT2D eigenvalue weighted by molar-refractivity contribution is 5.69. The Balaban J connectivity index is 3.18. The third-order valence-electron chi connectivity index (χ3n) is 8.40. The minimum Gasteiger partial charge on any atom is -0.466 e. The lowest BCUT2D eigenvalue weighted by Crippen LogP contribution is -2.05. The average molecular weight is 563 g/mol. The van der Waals surface area contributed by atoms with Gasteiger partial charge in [-0.25, -0.2) is 0 Å². The molecular formula is C38H74O2. The third-order valence-corrected chi connectivity index (χ3v) is 8.40. The molecule has 0 saturated heterocycles. The molecule has 238 valence electrons. The summed E-state index contributed by atoms with van der Waals surface area (Å²) >= 11 is 0. The second kappa shape index (κ2) is 36.2. The zero-order chi connectivity index (χ0) is 29.0. The summed E-state index contributed by atoms with van der Waals surface area (Å²) in [5.41, 5.74) is 0. The molecule has 0 heterocycles. The fourth-order valence-corrected chi connectivity index (χ4v) is 5.60. The van der Waals surface area contributed by atoms with Crippen LogP contribution in [0.2, 0.25) is 0 Å². The quantitative estimate of drug-likeness (QED) is 0.0443. The van der Waals surface area contributed by atoms with Crippen LogP contribution in [0, 0.1) is 0 Å². The second-order valence-corrected chi connectivity index (χ2v) is 12.6. The van der Waals surface area contributed by atoms with Crippen LogP contribution in [0.1, 0.15) is 219 Å². The van der Waals surface area contributed by atoms with Crippen molar-refractivity contribution in [2.45, 2.75) is 219 Å². The van der Waals surface area contributed by atoms with Gasteiger partial charge < -0.3 is 4.74 Å². The van der Waals surface area contributed by atoms with E-state index in [-0.39, 0.29) is 5.97 Å². The molecule has 2 heteroatoms. The van der Waals surface area contributed by atoms with E-state index in [2.05, 4.69) is 26.0 Å². The number of rotatable bonds is 34. The highest BCUT2D eigenvalue weighted by atomic mass is 16.5. The van der Waals surface area contributed by atoms with E-state index >= 15 is 0 Å². The number of unbranched alkanes of at least 4 members (excludes halogenated alkanes) is 28. The van der Waals surface area contributed by atoms with Crippen LogP contribution in [0.25, 0.3) is 0 Å². The summed E-state index contributed by atoms with van der Waals surface area (Å²) < 4.78 is 5.44. The number of esters is 1. The molecule has 0 amide bonds. The van der Waals surface area contributed by atoms with Crippen molar-refractivity contribution < 1.29 is 9.53 Å². The topological polar surface area (TPSA) is 26.3 Å². The Labute approximate surface area is 253 Å². The first-order valence-electron chi connectivity index (χ1n) is 18.6. The Morgan fingerprint density at radius 3 is 1.07 bits per heavy atom. The van der Waals surface area contributed by atoms with Gasteiger partial charge in [-0.3, -0.25) is 4.79 Å². The molecule has 0 bridgehead atoms. The molecule has 40 heavy (non-hydrogen) atoms. The molecule has 0 N–H and O–H groups in total. The predicted molar refractivity (Wildman–Crippen MR) is 179 cm³/mol. The summed E-state index contributed by atoms with van der Waals surface area (Å²) in [6.07, 6.45) is 47.1. The summed E-state index contributed by atoms with van der Waals surface area (Å²) in [7, 11) is 0. The predicted octanol–water partition coefficient (Wildman–Crippen LogP) is 13.6. The molecule has 0 aromatic heterocycles. The Kier molecular flexibility index (Phi) is 35.5. The van der Waals surface area contributed by atoms with Crippen LogP contribution in [0.5, 0.6) is 0 Å². The number of carbonyl (C=O) groups excluding carboxylic acids is 1. The van der Waals surface area contributed by atoms with Crippen LogP contribution in [-0.4, -0.2) is 12.6 Å². The fourth-order valence-electron chi connectivity index (χ4n) is 5.60. The molecular weight excluding hydrogens is 488 g/mol. The Bertz CT molecular complexity index is 498. The highest BCUT2D eigenvalue weighted by Gasteiger charge is 2.02. The number of carbonyl (C=O) groups is 1. The number of hydrogen-bond donors (Lipinski definition) is 0. The first kappa shape index (κ1) is 39.2. The summed E-state index contributed by atoms with van der Waals surface area (Å²) in [4.78, 5) is 11.9. The van der Waals surface area contributed by atoms with E-state index in [4.69, 9.17) is 4.74 Å². The van der Waals surface area contributed by atoms with Gasteiger partial charge in [0.15, 0.2) is 0 Å². The monoisotopic (exact) mass is 563 g/mol. The lowest BCUT2D eigenvalue weighted by atomic mass is 10.0. The smallest absolute Gasteiger partial charge is 0.305 e. The maximum atomic E-state index is 11.9. The second-order valence-electron chi connectivity index (χ2n) is 12.6. The Morgan fingerprint density at radius 2 is 0.700 bits per heavy atom. The fraction of sp³-hybridized carbons (Fsp3) is 0.921. The molecule has 0 spiro atoms. The molecule has 0 aromatic rings. The van der Waals surface area contributed by atoms with E-state index in [9.17, 15) is 4.79 Å². The van der Waals surface area contributed by atoms with Crippen molar-refractivity contribution in [2.24, 2.45) is 0 Å². The Morgan fingerprint density at radius 1 is 0.400 bits per heavy atom. The molecule has 0 saturated carbocycles. The molecule has 0 aliphatic heterocycles. The molecule has 0 unspecified atom stereocenters. The van der Waals surface area contributed by atoms with E-state index in [1.807, 2.05) is 0 Å². The van der Waals surface area contributed by atoms with Crippen LogP contribution in [0.3, 0.4) is 0 Å². The summed E-state index contributed by atoms with van der Waals surface area (Å²) in [5, 5.41) is 0. The van der Waals surface area contributed by atoms with Crippen molar-refractivity contribution in [1.82, 2.24) is 0 Å². The molecule has 0 aliphatic carbocycles. The highest BCUT2D eigenvalue weighted by Crippen LogP contribution is 2.15. The molecule has 0 fully saturated rings. The molecule has 0 atom stereocenters. The summed E-state index contributed by atoms with van der Waals surface area (Å²) in [6, 6.07) is 0. The third kappa shape index (κ3) is 35.2. The first-order chi connectivity index (χ1) is 19.8. The van der Waals surface area contributed by atoms with Gasteiger partial charge in [0, 0.05) is 6.42 Å². The van der Waals surface area contributed by atoms with Gasteiger partial charge in [-0.05, 0) is 38.5 Å². The van der Waals surface area contributed by atoms with E-state index in [1.54, 1.807) is 0 Å². The van der Waals surface area contributed by atoms with Crippen molar-refractivity contribution in [3.05, 3.63) is 12.2 Å². The van der Waals surface area contributed by atoms with Crippen LogP contribution < -0.4 is 0 Å². The maximum Gasteiger partial charge on any atom is 0.305 e. The largest absolute Gasteiger partial charge is 0.466 e. The minimum absolute atomic E-state index is 0.0219. The lowest BCUT2D eigenvalue weighted by Gasteiger charge is -2.05. The Hall–Kier alpha value is -0.790. The van der Waals surface area contributed by atoms with E-state index in [1.165, 1.54) is 186 Å². The van der Waals surface area contributed by atoms with Gasteiger partial charge in [0.2, 0.25) is 0 Å². The number of allylic oxidation sites excluding steroid dienone is 2. The van der Waals surface area contributed by atoms with Gasteiger partial charge in [0.25, 0.3) is 0 Å². The SMILES string of the molecule is CCCCCCCC/C=C/CCCCCCCCOC(=O)CCCCCCCCCCCCCCCCCCC. The van der Waals surface area contributed by atoms with Gasteiger partial charge in [0.1, 0.15) is 0 Å². The minimum atomic E-state index is 0.0219. The zero-order valence-electron chi connectivity index (χ0n) is 27.8. The lowest BCUT2D eigenvalue weighted by molar-refractivity contribution is -0.143. The summed E-state index contributed by atoms with van der Waals surface area (Å²) in [6.45, 7) is 5.20. The molecule has 2 nitrogen and oxygen atoms in total. The van der Waals surface area contributed by atoms with Gasteiger partial charge in [-0.1, -0.05) is 187 Å². The van der Waals surface area contributed by atoms with Crippen LogP contribution >= 0.6 is 0 Å². The van der Waals surface area contributed by atoms with Crippen LogP contribution in [-0.2, 0) is 9.53 Å². The number of hydrogen-bond acceptors (Lipinski definition) is 2. The number of ether oxygens (including phenoxy) is 1. The van der Waals surface area contributed by atoms with Gasteiger partial charge in [0.05, 0.1) is 6.61 Å². The average Bonchev–Trinajstić information content (AvgIpc) is 2.96. The van der Waals surface area contributed by atoms with E-state index in [0.29, 0.717) is 13.0 Å². The molecule has 0 aromatic carbocycles. The standard InChI is InChI=1S/C38H74O2/c1-3-5-7-9-11-13-15-17-19-21-22-24-26-28-30-32-34-36-38(39)40-37-35-33-31-29-27-25-23-20-18-16-14-12-10-8-6-4-2/h18,20H,3-17,19,21-37H2,1-2H3/b20-18+. The maximum absolute atomic E-state index is 11.9. The van der Waals surface area contributed by atoms with Gasteiger partial charge in [-0.2, -0.15) is 0 Å². The molecule has 0 aliphatic rings. The molecule has 0 rings (SSSR count). The van der Waals surface area contributed by atoms with Gasteiger partial charge in [-0.15, -0.1) is 0 Å². The summed E-state index contributed by atoms with van der Waals surface area (Å²) in [5.74, 6) is 0.0219. The van der Waals surface area contributed by atoms with Gasteiger partial charge >= 0.3 is 5.97 Å². The normalized spacial score (nSPS) is 11.6. The molecule has 0 radical (unpaired) electrons. The first-order valence-corrected chi connectivity index (χ1v) is 18.6. The van der Waals surface area contributed by atoms with E-state index in [0.717, 1.165) is 12.8 Å². The van der Waals surface area contributed by atoms with Crippen molar-refractivity contribution in [1.29, 1.82) is 0 Å². The van der Waals surface area contributed by atoms with Crippen molar-refractivity contribution in [2.75, 3.05) is 6.61 Å².